The fraction of sp³-hybridized carbons (Fsp3) is 0.267. The minimum absolute atomic E-state index is 0.240. The van der Waals surface area contributed by atoms with Gasteiger partial charge in [-0.1, -0.05) is 6.07 Å². The number of nitrogens with zero attached hydrogens (tertiary/aromatic N) is 2. The van der Waals surface area contributed by atoms with Crippen molar-refractivity contribution in [2.45, 2.75) is 12.3 Å². The van der Waals surface area contributed by atoms with E-state index in [0.717, 1.165) is 6.07 Å². The molecule has 1 aromatic carbocycles. The molecule has 2 aromatic rings. The number of hydrogen-bond acceptors (Lipinski definition) is 5. The van der Waals surface area contributed by atoms with Gasteiger partial charge in [0.2, 0.25) is 11.7 Å². The van der Waals surface area contributed by atoms with Crippen LogP contribution in [0.4, 0.5) is 14.6 Å². The molecule has 1 amide bonds. The van der Waals surface area contributed by atoms with E-state index in [4.69, 9.17) is 4.74 Å². The second-order valence-corrected chi connectivity index (χ2v) is 5.14. The fourth-order valence-corrected chi connectivity index (χ4v) is 2.40. The second-order valence-electron chi connectivity index (χ2n) is 5.14. The molecule has 0 radical (unpaired) electrons. The van der Waals surface area contributed by atoms with Crippen LogP contribution in [0.5, 0.6) is 5.88 Å². The van der Waals surface area contributed by atoms with Crippen LogP contribution in [0.15, 0.2) is 30.6 Å². The summed E-state index contributed by atoms with van der Waals surface area (Å²) in [5.41, 5.74) is 5.48. The summed E-state index contributed by atoms with van der Waals surface area (Å²) >= 11 is 0. The number of amides is 1. The van der Waals surface area contributed by atoms with Crippen LogP contribution in [0, 0.1) is 17.6 Å². The number of rotatable bonds is 5. The molecule has 120 valence electrons. The van der Waals surface area contributed by atoms with E-state index in [1.165, 1.54) is 31.6 Å². The zero-order chi connectivity index (χ0) is 16.4. The molecule has 0 aliphatic heterocycles. The van der Waals surface area contributed by atoms with Crippen molar-refractivity contribution in [3.8, 4) is 5.88 Å². The third-order valence-electron chi connectivity index (χ3n) is 3.65. The third kappa shape index (κ3) is 3.20. The monoisotopic (exact) mass is 320 g/mol. The van der Waals surface area contributed by atoms with Crippen LogP contribution in [0.1, 0.15) is 17.9 Å². The van der Waals surface area contributed by atoms with Gasteiger partial charge in [-0.3, -0.25) is 15.6 Å². The summed E-state index contributed by atoms with van der Waals surface area (Å²) < 4.78 is 31.6. The molecule has 1 saturated carbocycles. The molecule has 3 rings (SSSR count). The quantitative estimate of drug-likeness (QED) is 0.824. The molecule has 0 unspecified atom stereocenters. The largest absolute Gasteiger partial charge is 0.478 e. The summed E-state index contributed by atoms with van der Waals surface area (Å²) in [6.45, 7) is 0. The first kappa shape index (κ1) is 15.1. The molecule has 0 saturated heterocycles. The van der Waals surface area contributed by atoms with Crippen LogP contribution in [-0.4, -0.2) is 23.0 Å². The molecule has 1 aliphatic carbocycles. The Bertz CT molecular complexity index is 741. The molecule has 1 aromatic heterocycles. The minimum atomic E-state index is -0.635. The fourth-order valence-electron chi connectivity index (χ4n) is 2.40. The van der Waals surface area contributed by atoms with Gasteiger partial charge >= 0.3 is 0 Å². The van der Waals surface area contributed by atoms with Crippen molar-refractivity contribution in [1.82, 2.24) is 15.4 Å². The SMILES string of the molecule is COc1nccnc1NNC(=O)[C@@H]1C[C@H]1c1ccc(F)cc1F. The van der Waals surface area contributed by atoms with E-state index in [1.54, 1.807) is 0 Å². The number of anilines is 1. The molecular formula is C15H14F2N4O2. The zero-order valence-electron chi connectivity index (χ0n) is 12.2. The van der Waals surface area contributed by atoms with Crippen LogP contribution < -0.4 is 15.6 Å². The highest BCUT2D eigenvalue weighted by molar-refractivity contribution is 5.84. The Morgan fingerprint density at radius 2 is 2.09 bits per heavy atom. The van der Waals surface area contributed by atoms with Gasteiger partial charge in [-0.15, -0.1) is 0 Å². The van der Waals surface area contributed by atoms with Crippen LogP contribution in [0.25, 0.3) is 0 Å². The van der Waals surface area contributed by atoms with Gasteiger partial charge in [0.1, 0.15) is 11.6 Å². The smallest absolute Gasteiger partial charge is 0.258 e. The summed E-state index contributed by atoms with van der Waals surface area (Å²) in [7, 11) is 1.44. The van der Waals surface area contributed by atoms with E-state index in [0.29, 0.717) is 12.0 Å². The van der Waals surface area contributed by atoms with Crippen molar-refractivity contribution < 1.29 is 18.3 Å². The van der Waals surface area contributed by atoms with Crippen LogP contribution in [0.2, 0.25) is 0 Å². The lowest BCUT2D eigenvalue weighted by Gasteiger charge is -2.10. The van der Waals surface area contributed by atoms with Gasteiger partial charge in [-0.2, -0.15) is 0 Å². The minimum Gasteiger partial charge on any atom is -0.478 e. The molecule has 8 heteroatoms. The highest BCUT2D eigenvalue weighted by atomic mass is 19.1. The topological polar surface area (TPSA) is 76.1 Å². The van der Waals surface area contributed by atoms with E-state index in [2.05, 4.69) is 20.8 Å². The summed E-state index contributed by atoms with van der Waals surface area (Å²) in [6.07, 6.45) is 3.42. The molecule has 1 heterocycles. The number of carbonyl (C=O) groups excluding carboxylic acids is 1. The molecule has 0 spiro atoms. The number of carbonyl (C=O) groups is 1. The molecule has 23 heavy (non-hydrogen) atoms. The maximum Gasteiger partial charge on any atom is 0.258 e. The highest BCUT2D eigenvalue weighted by Gasteiger charge is 2.45. The second kappa shape index (κ2) is 6.15. The first-order valence-electron chi connectivity index (χ1n) is 6.96. The molecular weight excluding hydrogens is 306 g/mol. The zero-order valence-corrected chi connectivity index (χ0v) is 12.2. The normalized spacial score (nSPS) is 19.1. The van der Waals surface area contributed by atoms with Gasteiger partial charge in [0.25, 0.3) is 5.88 Å². The molecule has 2 N–H and O–H groups in total. The van der Waals surface area contributed by atoms with E-state index >= 15 is 0 Å². The lowest BCUT2D eigenvalue weighted by atomic mass is 10.1. The Kier molecular flexibility index (Phi) is 4.05. The van der Waals surface area contributed by atoms with E-state index in [9.17, 15) is 13.6 Å². The number of hydrazine groups is 1. The Balaban J connectivity index is 1.60. The Morgan fingerprint density at radius 1 is 1.30 bits per heavy atom. The number of methoxy groups -OCH3 is 1. The summed E-state index contributed by atoms with van der Waals surface area (Å²) in [4.78, 5) is 20.0. The van der Waals surface area contributed by atoms with Gasteiger partial charge in [-0.05, 0) is 24.0 Å². The average molecular weight is 320 g/mol. The van der Waals surface area contributed by atoms with Crippen LogP contribution >= 0.6 is 0 Å². The first-order valence-corrected chi connectivity index (χ1v) is 6.96. The van der Waals surface area contributed by atoms with Crippen molar-refractivity contribution in [1.29, 1.82) is 0 Å². The van der Waals surface area contributed by atoms with E-state index in [1.807, 2.05) is 0 Å². The number of benzene rings is 1. The molecule has 2 atom stereocenters. The lowest BCUT2D eigenvalue weighted by Crippen LogP contribution is -2.31. The number of hydrogen-bond donors (Lipinski definition) is 2. The van der Waals surface area contributed by atoms with Crippen LogP contribution in [0.3, 0.4) is 0 Å². The highest BCUT2D eigenvalue weighted by Crippen LogP contribution is 2.48. The third-order valence-corrected chi connectivity index (χ3v) is 3.65. The van der Waals surface area contributed by atoms with Crippen LogP contribution in [-0.2, 0) is 4.79 Å². The summed E-state index contributed by atoms with van der Waals surface area (Å²) in [5, 5.41) is 0. The van der Waals surface area contributed by atoms with Gasteiger partial charge < -0.3 is 4.74 Å². The summed E-state index contributed by atoms with van der Waals surface area (Å²) in [5.74, 6) is -1.67. The predicted octanol–water partition coefficient (Wildman–Crippen LogP) is 2.01. The standard InChI is InChI=1S/C15H14F2N4O2/c1-23-15-13(18-4-5-19-15)20-21-14(22)11-7-10(11)9-3-2-8(16)6-12(9)17/h2-6,10-11H,7H2,1H3,(H,18,20)(H,21,22)/t10-,11+/m0/s1. The number of nitrogens with one attached hydrogen (secondary N) is 2. The molecule has 1 fully saturated rings. The van der Waals surface area contributed by atoms with E-state index in [-0.39, 0.29) is 29.4 Å². The number of ether oxygens (including phenoxy) is 1. The summed E-state index contributed by atoms with van der Waals surface area (Å²) in [6, 6.07) is 3.39. The van der Waals surface area contributed by atoms with Gasteiger partial charge in [0.15, 0.2) is 0 Å². The van der Waals surface area contributed by atoms with Crippen molar-refractivity contribution in [3.63, 3.8) is 0 Å². The molecule has 0 bridgehead atoms. The van der Waals surface area contributed by atoms with Crippen molar-refractivity contribution in [3.05, 3.63) is 47.8 Å². The van der Waals surface area contributed by atoms with Gasteiger partial charge in [0, 0.05) is 24.4 Å². The van der Waals surface area contributed by atoms with Gasteiger partial charge in [-0.25, -0.2) is 18.7 Å². The Morgan fingerprint density at radius 3 is 2.83 bits per heavy atom. The van der Waals surface area contributed by atoms with Crippen molar-refractivity contribution >= 4 is 11.7 Å². The maximum absolute atomic E-state index is 13.7. The average Bonchev–Trinajstić information content (AvgIpc) is 3.33. The predicted molar refractivity (Wildman–Crippen MR) is 77.6 cm³/mol. The van der Waals surface area contributed by atoms with Gasteiger partial charge in [0.05, 0.1) is 7.11 Å². The number of aromatic nitrogens is 2. The van der Waals surface area contributed by atoms with Crippen molar-refractivity contribution in [2.75, 3.05) is 12.5 Å². The van der Waals surface area contributed by atoms with E-state index < -0.39 is 11.6 Å². The number of halogens is 2. The van der Waals surface area contributed by atoms with Crippen molar-refractivity contribution in [2.24, 2.45) is 5.92 Å². The molecule has 1 aliphatic rings. The lowest BCUT2D eigenvalue weighted by molar-refractivity contribution is -0.121. The Hall–Kier alpha value is -2.77. The Labute approximate surface area is 130 Å². The first-order chi connectivity index (χ1) is 11.1. The maximum atomic E-state index is 13.7. The molecule has 6 nitrogen and oxygen atoms in total.